The average Bonchev–Trinajstić information content (AvgIpc) is 2.28. The Balaban J connectivity index is 3.13. The molecule has 0 aliphatic heterocycles. The summed E-state index contributed by atoms with van der Waals surface area (Å²) in [7, 11) is 1.35. The van der Waals surface area contributed by atoms with Crippen LogP contribution in [-0.4, -0.2) is 28.6 Å². The van der Waals surface area contributed by atoms with E-state index in [-0.39, 0.29) is 17.3 Å². The molecule has 0 aliphatic rings. The number of ketones is 2. The van der Waals surface area contributed by atoms with Crippen LogP contribution in [-0.2, 0) is 16.0 Å². The average molecular weight is 238 g/mol. The topological polar surface area (TPSA) is 99.4 Å². The van der Waals surface area contributed by atoms with E-state index in [1.807, 2.05) is 0 Å². The van der Waals surface area contributed by atoms with Gasteiger partial charge >= 0.3 is 0 Å². The summed E-state index contributed by atoms with van der Waals surface area (Å²) in [6.07, 6.45) is -0.400. The first-order valence-electron chi connectivity index (χ1n) is 4.67. The highest BCUT2D eigenvalue weighted by Gasteiger charge is 2.20. The number of carbonyl (C=O) groups excluding carboxylic acids is 2. The Kier molecular flexibility index (Phi) is 3.86. The first-order valence-corrected chi connectivity index (χ1v) is 4.67. The molecular formula is C10H10N2O5. The summed E-state index contributed by atoms with van der Waals surface area (Å²) in [4.78, 5) is 35.9. The minimum Gasteiger partial charge on any atom is -0.481 e. The molecule has 0 saturated carbocycles. The largest absolute Gasteiger partial charge is 0.481 e. The predicted octanol–water partition coefficient (Wildman–Crippen LogP) is 0.699. The van der Waals surface area contributed by atoms with Gasteiger partial charge in [0.2, 0.25) is 11.7 Å². The second-order valence-electron chi connectivity index (χ2n) is 3.23. The third kappa shape index (κ3) is 3.07. The van der Waals surface area contributed by atoms with E-state index < -0.39 is 22.9 Å². The van der Waals surface area contributed by atoms with Crippen molar-refractivity contribution >= 4 is 17.3 Å². The molecule has 0 amide bonds. The summed E-state index contributed by atoms with van der Waals surface area (Å²) in [5.41, 5.74) is -0.380. The molecule has 1 heterocycles. The zero-order valence-electron chi connectivity index (χ0n) is 9.30. The van der Waals surface area contributed by atoms with Gasteiger partial charge in [0.05, 0.1) is 18.5 Å². The summed E-state index contributed by atoms with van der Waals surface area (Å²) in [5.74, 6) is -1.24. The molecule has 1 rings (SSSR count). The monoisotopic (exact) mass is 238 g/mol. The number of Topliss-reactive ketones (excluding diaryl/α,β-unsaturated/α-hetero) is 2. The van der Waals surface area contributed by atoms with Crippen molar-refractivity contribution in [1.29, 1.82) is 0 Å². The Bertz CT molecular complexity index is 484. The Morgan fingerprint density at radius 1 is 1.47 bits per heavy atom. The van der Waals surface area contributed by atoms with Crippen molar-refractivity contribution in [2.45, 2.75) is 13.3 Å². The van der Waals surface area contributed by atoms with Crippen LogP contribution in [0.2, 0.25) is 0 Å². The van der Waals surface area contributed by atoms with Gasteiger partial charge in [-0.25, -0.2) is 4.98 Å². The van der Waals surface area contributed by atoms with Crippen LogP contribution in [0, 0.1) is 10.1 Å². The molecule has 0 spiro atoms. The number of nitrogens with zero attached hydrogens (tertiary/aromatic N) is 2. The number of methoxy groups -OCH3 is 1. The van der Waals surface area contributed by atoms with Crippen molar-refractivity contribution in [3.8, 4) is 5.88 Å². The van der Waals surface area contributed by atoms with Crippen molar-refractivity contribution in [2.24, 2.45) is 0 Å². The number of pyridine rings is 1. The van der Waals surface area contributed by atoms with Gasteiger partial charge in [-0.15, -0.1) is 0 Å². The molecular weight excluding hydrogens is 228 g/mol. The van der Waals surface area contributed by atoms with Crippen LogP contribution in [0.25, 0.3) is 0 Å². The van der Waals surface area contributed by atoms with Crippen LogP contribution in [0.3, 0.4) is 0 Å². The summed E-state index contributed by atoms with van der Waals surface area (Å²) in [6, 6.07) is 2.51. The van der Waals surface area contributed by atoms with E-state index in [0.717, 1.165) is 6.92 Å². The van der Waals surface area contributed by atoms with E-state index in [9.17, 15) is 19.7 Å². The first-order chi connectivity index (χ1) is 7.95. The molecule has 90 valence electrons. The highest BCUT2D eigenvalue weighted by molar-refractivity contribution is 6.36. The third-order valence-electron chi connectivity index (χ3n) is 2.05. The van der Waals surface area contributed by atoms with Crippen molar-refractivity contribution in [3.63, 3.8) is 0 Å². The molecule has 0 unspecified atom stereocenters. The van der Waals surface area contributed by atoms with Gasteiger partial charge in [-0.2, -0.15) is 0 Å². The smallest absolute Gasteiger partial charge is 0.291 e. The van der Waals surface area contributed by atoms with E-state index in [1.54, 1.807) is 0 Å². The SMILES string of the molecule is COc1ccc([N+](=O)[O-])c(CC(=O)C(C)=O)n1. The van der Waals surface area contributed by atoms with Gasteiger partial charge in [0.1, 0.15) is 5.69 Å². The van der Waals surface area contributed by atoms with Gasteiger partial charge in [-0.1, -0.05) is 0 Å². The van der Waals surface area contributed by atoms with Gasteiger partial charge in [-0.05, 0) is 0 Å². The van der Waals surface area contributed by atoms with Crippen LogP contribution < -0.4 is 4.74 Å². The fourth-order valence-electron chi connectivity index (χ4n) is 1.16. The molecule has 0 fully saturated rings. The number of ether oxygens (including phenoxy) is 1. The van der Waals surface area contributed by atoms with Gasteiger partial charge in [0, 0.05) is 19.1 Å². The zero-order valence-corrected chi connectivity index (χ0v) is 9.30. The molecule has 0 aromatic carbocycles. The van der Waals surface area contributed by atoms with E-state index >= 15 is 0 Å². The standard InChI is InChI=1S/C10H10N2O5/c1-6(13)9(14)5-7-8(12(15)16)3-4-10(11-7)17-2/h3-4H,5H2,1-2H3. The minimum absolute atomic E-state index is 0.0745. The molecule has 7 nitrogen and oxygen atoms in total. The molecule has 0 radical (unpaired) electrons. The molecule has 1 aromatic heterocycles. The van der Waals surface area contributed by atoms with Crippen molar-refractivity contribution in [2.75, 3.05) is 7.11 Å². The Morgan fingerprint density at radius 3 is 2.59 bits per heavy atom. The predicted molar refractivity (Wildman–Crippen MR) is 56.8 cm³/mol. The van der Waals surface area contributed by atoms with Gasteiger partial charge < -0.3 is 4.74 Å². The van der Waals surface area contributed by atoms with Crippen LogP contribution in [0.15, 0.2) is 12.1 Å². The summed E-state index contributed by atoms with van der Waals surface area (Å²) in [6.45, 7) is 1.11. The lowest BCUT2D eigenvalue weighted by Crippen LogP contribution is -2.14. The second kappa shape index (κ2) is 5.15. The number of nitro groups is 1. The highest BCUT2D eigenvalue weighted by atomic mass is 16.6. The van der Waals surface area contributed by atoms with E-state index in [0.29, 0.717) is 0 Å². The molecule has 0 saturated heterocycles. The minimum atomic E-state index is -0.728. The normalized spacial score (nSPS) is 9.76. The lowest BCUT2D eigenvalue weighted by atomic mass is 10.1. The van der Waals surface area contributed by atoms with Crippen LogP contribution in [0.5, 0.6) is 5.88 Å². The molecule has 17 heavy (non-hydrogen) atoms. The van der Waals surface area contributed by atoms with E-state index in [2.05, 4.69) is 4.98 Å². The summed E-state index contributed by atoms with van der Waals surface area (Å²) in [5, 5.41) is 10.7. The quantitative estimate of drug-likeness (QED) is 0.425. The summed E-state index contributed by atoms with van der Waals surface area (Å²) < 4.78 is 4.80. The number of hydrogen-bond donors (Lipinski definition) is 0. The first kappa shape index (κ1) is 12.8. The molecule has 0 N–H and O–H groups in total. The van der Waals surface area contributed by atoms with E-state index in [1.165, 1.54) is 19.2 Å². The molecule has 0 bridgehead atoms. The maximum atomic E-state index is 11.2. The van der Waals surface area contributed by atoms with Gasteiger partial charge in [0.25, 0.3) is 5.69 Å². The lowest BCUT2D eigenvalue weighted by molar-refractivity contribution is -0.385. The Labute approximate surface area is 96.6 Å². The van der Waals surface area contributed by atoms with Crippen LogP contribution >= 0.6 is 0 Å². The Morgan fingerprint density at radius 2 is 2.12 bits per heavy atom. The zero-order chi connectivity index (χ0) is 13.0. The van der Waals surface area contributed by atoms with Crippen molar-refractivity contribution in [3.05, 3.63) is 27.9 Å². The fraction of sp³-hybridized carbons (Fsp3) is 0.300. The highest BCUT2D eigenvalue weighted by Crippen LogP contribution is 2.20. The van der Waals surface area contributed by atoms with E-state index in [4.69, 9.17) is 4.74 Å². The maximum absolute atomic E-state index is 11.2. The molecule has 0 aliphatic carbocycles. The molecule has 7 heteroatoms. The van der Waals surface area contributed by atoms with Crippen molar-refractivity contribution < 1.29 is 19.2 Å². The number of aromatic nitrogens is 1. The molecule has 1 aromatic rings. The maximum Gasteiger partial charge on any atom is 0.291 e. The molecule has 0 atom stereocenters. The Hall–Kier alpha value is -2.31. The third-order valence-corrected chi connectivity index (χ3v) is 2.05. The summed E-state index contributed by atoms with van der Waals surface area (Å²) >= 11 is 0. The number of hydrogen-bond acceptors (Lipinski definition) is 6. The lowest BCUT2D eigenvalue weighted by Gasteiger charge is -2.03. The number of carbonyl (C=O) groups is 2. The van der Waals surface area contributed by atoms with Crippen molar-refractivity contribution in [1.82, 2.24) is 4.98 Å². The van der Waals surface area contributed by atoms with Gasteiger partial charge in [0.15, 0.2) is 5.78 Å². The second-order valence-corrected chi connectivity index (χ2v) is 3.23. The van der Waals surface area contributed by atoms with Crippen LogP contribution in [0.4, 0.5) is 5.69 Å². The fourth-order valence-corrected chi connectivity index (χ4v) is 1.16. The van der Waals surface area contributed by atoms with Crippen LogP contribution in [0.1, 0.15) is 12.6 Å². The van der Waals surface area contributed by atoms with Gasteiger partial charge in [-0.3, -0.25) is 19.7 Å². The number of rotatable bonds is 5.